The molecule has 1 aromatic carbocycles. The Morgan fingerprint density at radius 1 is 1.42 bits per heavy atom. The van der Waals surface area contributed by atoms with Crippen LogP contribution in [0.4, 0.5) is 10.1 Å². The van der Waals surface area contributed by atoms with Gasteiger partial charge in [0, 0.05) is 13.6 Å². The first-order valence-corrected chi connectivity index (χ1v) is 7.35. The molecule has 1 heterocycles. The third-order valence-electron chi connectivity index (χ3n) is 4.32. The van der Waals surface area contributed by atoms with E-state index in [0.29, 0.717) is 11.6 Å². The first-order chi connectivity index (χ1) is 9.18. The minimum Gasteiger partial charge on any atom is -0.372 e. The molecule has 0 saturated carbocycles. The fourth-order valence-corrected chi connectivity index (χ4v) is 2.88. The van der Waals surface area contributed by atoms with E-state index in [2.05, 4.69) is 12.2 Å². The summed E-state index contributed by atoms with van der Waals surface area (Å²) in [6.45, 7) is 5.55. The Hall–Kier alpha value is -1.09. The zero-order valence-electron chi connectivity index (χ0n) is 12.0. The standard InChI is InChI=1S/C16H25FN2/c1-13(14-6-5-10-18-12-14)9-11-19(2)16-8-4-3-7-15(16)17/h3-4,7-8,13-14,18H,5-6,9-12H2,1-2H3. The average molecular weight is 264 g/mol. The highest BCUT2D eigenvalue weighted by Gasteiger charge is 2.20. The molecule has 1 saturated heterocycles. The van der Waals surface area contributed by atoms with Crippen LogP contribution in [0.25, 0.3) is 0 Å². The Morgan fingerprint density at radius 3 is 2.89 bits per heavy atom. The van der Waals surface area contributed by atoms with Crippen molar-refractivity contribution in [2.75, 3.05) is 31.6 Å². The average Bonchev–Trinajstić information content (AvgIpc) is 2.46. The van der Waals surface area contributed by atoms with E-state index in [9.17, 15) is 4.39 Å². The highest BCUT2D eigenvalue weighted by Crippen LogP contribution is 2.24. The van der Waals surface area contributed by atoms with Crippen LogP contribution in [0.3, 0.4) is 0 Å². The number of rotatable bonds is 5. The molecule has 1 aliphatic rings. The molecule has 2 nitrogen and oxygen atoms in total. The van der Waals surface area contributed by atoms with Gasteiger partial charge in [-0.05, 0) is 56.3 Å². The molecule has 2 rings (SSSR count). The van der Waals surface area contributed by atoms with E-state index >= 15 is 0 Å². The minimum atomic E-state index is -0.128. The second kappa shape index (κ2) is 6.90. The molecule has 0 spiro atoms. The molecular formula is C16H25FN2. The number of anilines is 1. The Balaban J connectivity index is 1.82. The fraction of sp³-hybridized carbons (Fsp3) is 0.625. The first-order valence-electron chi connectivity index (χ1n) is 7.35. The second-order valence-electron chi connectivity index (χ2n) is 5.75. The Morgan fingerprint density at radius 2 is 2.21 bits per heavy atom. The molecule has 1 fully saturated rings. The summed E-state index contributed by atoms with van der Waals surface area (Å²) in [6, 6.07) is 7.01. The van der Waals surface area contributed by atoms with Crippen molar-refractivity contribution in [3.63, 3.8) is 0 Å². The molecule has 0 aromatic heterocycles. The van der Waals surface area contributed by atoms with E-state index in [-0.39, 0.29) is 5.82 Å². The SMILES string of the molecule is CC(CCN(C)c1ccccc1F)C1CCCNC1. The number of hydrogen-bond donors (Lipinski definition) is 1. The van der Waals surface area contributed by atoms with Gasteiger partial charge in [-0.15, -0.1) is 0 Å². The van der Waals surface area contributed by atoms with Gasteiger partial charge >= 0.3 is 0 Å². The summed E-state index contributed by atoms with van der Waals surface area (Å²) in [5, 5.41) is 3.47. The number of para-hydroxylation sites is 1. The molecule has 2 atom stereocenters. The van der Waals surface area contributed by atoms with Crippen LogP contribution in [0.1, 0.15) is 26.2 Å². The summed E-state index contributed by atoms with van der Waals surface area (Å²) >= 11 is 0. The maximum absolute atomic E-state index is 13.7. The second-order valence-corrected chi connectivity index (χ2v) is 5.75. The van der Waals surface area contributed by atoms with Gasteiger partial charge in [-0.3, -0.25) is 0 Å². The van der Waals surface area contributed by atoms with Crippen LogP contribution in [0, 0.1) is 17.7 Å². The van der Waals surface area contributed by atoms with Crippen molar-refractivity contribution in [1.29, 1.82) is 0 Å². The number of benzene rings is 1. The number of nitrogens with zero attached hydrogens (tertiary/aromatic N) is 1. The Kier molecular flexibility index (Phi) is 5.20. The number of halogens is 1. The van der Waals surface area contributed by atoms with Gasteiger partial charge in [-0.25, -0.2) is 4.39 Å². The van der Waals surface area contributed by atoms with Gasteiger partial charge in [0.15, 0.2) is 0 Å². The third kappa shape index (κ3) is 3.93. The van der Waals surface area contributed by atoms with Crippen LogP contribution >= 0.6 is 0 Å². The molecule has 1 aliphatic heterocycles. The highest BCUT2D eigenvalue weighted by molar-refractivity contribution is 5.46. The first kappa shape index (κ1) is 14.3. The van der Waals surface area contributed by atoms with Crippen LogP contribution < -0.4 is 10.2 Å². The Bertz CT molecular complexity index is 388. The van der Waals surface area contributed by atoms with E-state index in [1.54, 1.807) is 6.07 Å². The van der Waals surface area contributed by atoms with E-state index in [0.717, 1.165) is 25.4 Å². The third-order valence-corrected chi connectivity index (χ3v) is 4.32. The van der Waals surface area contributed by atoms with Crippen LogP contribution in [-0.4, -0.2) is 26.7 Å². The van der Waals surface area contributed by atoms with Crippen LogP contribution in [0.2, 0.25) is 0 Å². The van der Waals surface area contributed by atoms with Crippen molar-refractivity contribution in [1.82, 2.24) is 5.32 Å². The predicted molar refractivity (Wildman–Crippen MR) is 79.0 cm³/mol. The van der Waals surface area contributed by atoms with Gasteiger partial charge in [0.05, 0.1) is 5.69 Å². The van der Waals surface area contributed by atoms with Crippen molar-refractivity contribution >= 4 is 5.69 Å². The van der Waals surface area contributed by atoms with Gasteiger partial charge < -0.3 is 10.2 Å². The molecule has 3 heteroatoms. The summed E-state index contributed by atoms with van der Waals surface area (Å²) in [5.74, 6) is 1.35. The van der Waals surface area contributed by atoms with Gasteiger partial charge in [0.1, 0.15) is 5.82 Å². The summed E-state index contributed by atoms with van der Waals surface area (Å²) in [6.07, 6.45) is 3.74. The van der Waals surface area contributed by atoms with Crippen molar-refractivity contribution in [2.45, 2.75) is 26.2 Å². The zero-order chi connectivity index (χ0) is 13.7. The molecule has 2 unspecified atom stereocenters. The molecule has 19 heavy (non-hydrogen) atoms. The largest absolute Gasteiger partial charge is 0.372 e. The molecule has 0 bridgehead atoms. The lowest BCUT2D eigenvalue weighted by Gasteiger charge is -2.30. The summed E-state index contributed by atoms with van der Waals surface area (Å²) in [7, 11) is 1.98. The molecule has 106 valence electrons. The van der Waals surface area contributed by atoms with Gasteiger partial charge in [-0.1, -0.05) is 19.1 Å². The molecule has 1 N–H and O–H groups in total. The molecule has 0 radical (unpaired) electrons. The van der Waals surface area contributed by atoms with E-state index in [1.165, 1.54) is 25.5 Å². The lowest BCUT2D eigenvalue weighted by Crippen LogP contribution is -2.34. The van der Waals surface area contributed by atoms with Gasteiger partial charge in [0.2, 0.25) is 0 Å². The normalized spacial score (nSPS) is 21.1. The fourth-order valence-electron chi connectivity index (χ4n) is 2.88. The van der Waals surface area contributed by atoms with Gasteiger partial charge in [-0.2, -0.15) is 0 Å². The number of hydrogen-bond acceptors (Lipinski definition) is 2. The monoisotopic (exact) mass is 264 g/mol. The predicted octanol–water partition coefficient (Wildman–Crippen LogP) is 3.29. The minimum absolute atomic E-state index is 0.128. The van der Waals surface area contributed by atoms with E-state index in [4.69, 9.17) is 0 Å². The lowest BCUT2D eigenvalue weighted by atomic mass is 9.85. The van der Waals surface area contributed by atoms with Crippen LogP contribution in [-0.2, 0) is 0 Å². The van der Waals surface area contributed by atoms with Crippen molar-refractivity contribution < 1.29 is 4.39 Å². The topological polar surface area (TPSA) is 15.3 Å². The Labute approximate surface area is 116 Å². The molecular weight excluding hydrogens is 239 g/mol. The van der Waals surface area contributed by atoms with Crippen molar-refractivity contribution in [2.24, 2.45) is 11.8 Å². The summed E-state index contributed by atoms with van der Waals surface area (Å²) in [5.41, 5.74) is 0.705. The van der Waals surface area contributed by atoms with Crippen molar-refractivity contribution in [3.05, 3.63) is 30.1 Å². The van der Waals surface area contributed by atoms with E-state index in [1.807, 2.05) is 24.1 Å². The zero-order valence-corrected chi connectivity index (χ0v) is 12.0. The molecule has 0 aliphatic carbocycles. The maximum atomic E-state index is 13.7. The highest BCUT2D eigenvalue weighted by atomic mass is 19.1. The maximum Gasteiger partial charge on any atom is 0.146 e. The lowest BCUT2D eigenvalue weighted by molar-refractivity contribution is 0.270. The van der Waals surface area contributed by atoms with Crippen LogP contribution in [0.15, 0.2) is 24.3 Å². The summed E-state index contributed by atoms with van der Waals surface area (Å²) in [4.78, 5) is 2.03. The van der Waals surface area contributed by atoms with E-state index < -0.39 is 0 Å². The van der Waals surface area contributed by atoms with Gasteiger partial charge in [0.25, 0.3) is 0 Å². The quantitative estimate of drug-likeness (QED) is 0.878. The summed E-state index contributed by atoms with van der Waals surface area (Å²) < 4.78 is 13.7. The number of nitrogens with one attached hydrogen (secondary N) is 1. The molecule has 0 amide bonds. The molecule has 1 aromatic rings. The van der Waals surface area contributed by atoms with Crippen molar-refractivity contribution in [3.8, 4) is 0 Å². The number of piperidine rings is 1. The smallest absolute Gasteiger partial charge is 0.146 e. The van der Waals surface area contributed by atoms with Crippen LogP contribution in [0.5, 0.6) is 0 Å².